The normalized spacial score (nSPS) is 19.5. The Morgan fingerprint density at radius 1 is 1.21 bits per heavy atom. The van der Waals surface area contributed by atoms with Crippen molar-refractivity contribution in [2.45, 2.75) is 57.5 Å². The molecule has 2 aromatic rings. The van der Waals surface area contributed by atoms with Crippen LogP contribution in [-0.4, -0.2) is 26.2 Å². The number of aromatic carboxylic acids is 1. The van der Waals surface area contributed by atoms with Gasteiger partial charge in [-0.2, -0.15) is 0 Å². The number of hydrogen-bond donors (Lipinski definition) is 2. The van der Waals surface area contributed by atoms with Gasteiger partial charge in [0.25, 0.3) is 0 Å². The predicted molar refractivity (Wildman–Crippen MR) is 92.7 cm³/mol. The predicted octanol–water partition coefficient (Wildman–Crippen LogP) is 3.67. The minimum Gasteiger partial charge on any atom is -0.478 e. The standard InChI is InChI=1S/C18H22N2O3S/c1-17(2)7-8-18(3,4)14-13(17)20-15(24-14)12(21)11-6-5-10(9-19-11)16(22)23/h5-6,9,12,21H,7-8H2,1-4H3,(H,22,23). The van der Waals surface area contributed by atoms with E-state index >= 15 is 0 Å². The molecule has 0 saturated carbocycles. The average Bonchev–Trinajstić information content (AvgIpc) is 2.99. The summed E-state index contributed by atoms with van der Waals surface area (Å²) in [6.45, 7) is 8.82. The molecule has 0 radical (unpaired) electrons. The van der Waals surface area contributed by atoms with Crippen molar-refractivity contribution in [3.05, 3.63) is 45.2 Å². The van der Waals surface area contributed by atoms with Gasteiger partial charge in [-0.05, 0) is 25.0 Å². The van der Waals surface area contributed by atoms with Gasteiger partial charge < -0.3 is 10.2 Å². The summed E-state index contributed by atoms with van der Waals surface area (Å²) in [6, 6.07) is 3.00. The first-order valence-corrected chi connectivity index (χ1v) is 8.82. The summed E-state index contributed by atoms with van der Waals surface area (Å²) >= 11 is 1.54. The maximum atomic E-state index is 10.9. The number of carboxylic acid groups (broad SMARTS) is 1. The number of fused-ring (bicyclic) bond motifs is 1. The van der Waals surface area contributed by atoms with E-state index in [1.165, 1.54) is 17.1 Å². The highest BCUT2D eigenvalue weighted by atomic mass is 32.1. The van der Waals surface area contributed by atoms with Crippen LogP contribution in [0.15, 0.2) is 18.3 Å². The van der Waals surface area contributed by atoms with Gasteiger partial charge in [-0.15, -0.1) is 11.3 Å². The van der Waals surface area contributed by atoms with E-state index in [1.807, 2.05) is 0 Å². The van der Waals surface area contributed by atoms with E-state index in [0.29, 0.717) is 10.7 Å². The number of carbonyl (C=O) groups is 1. The molecule has 0 spiro atoms. The number of carboxylic acids is 1. The van der Waals surface area contributed by atoms with Crippen LogP contribution >= 0.6 is 11.3 Å². The van der Waals surface area contributed by atoms with Gasteiger partial charge in [0.2, 0.25) is 0 Å². The van der Waals surface area contributed by atoms with Gasteiger partial charge in [-0.3, -0.25) is 4.98 Å². The van der Waals surface area contributed by atoms with Crippen LogP contribution in [0.5, 0.6) is 0 Å². The van der Waals surface area contributed by atoms with Crippen molar-refractivity contribution in [3.63, 3.8) is 0 Å². The lowest BCUT2D eigenvalue weighted by Gasteiger charge is -2.37. The molecule has 0 aliphatic heterocycles. The van der Waals surface area contributed by atoms with Crippen molar-refractivity contribution < 1.29 is 15.0 Å². The van der Waals surface area contributed by atoms with Gasteiger partial charge in [0, 0.05) is 21.9 Å². The van der Waals surface area contributed by atoms with Crippen molar-refractivity contribution >= 4 is 17.3 Å². The Labute approximate surface area is 145 Å². The topological polar surface area (TPSA) is 83.3 Å². The molecule has 0 fully saturated rings. The maximum Gasteiger partial charge on any atom is 0.337 e. The molecule has 2 heterocycles. The number of hydrogen-bond acceptors (Lipinski definition) is 5. The SMILES string of the molecule is CC1(C)CCC(C)(C)c2sc(C(O)c3ccc(C(=O)O)cn3)nc21. The summed E-state index contributed by atoms with van der Waals surface area (Å²) in [5, 5.41) is 20.2. The Bertz CT molecular complexity index is 745. The lowest BCUT2D eigenvalue weighted by atomic mass is 9.69. The first kappa shape index (κ1) is 17.0. The van der Waals surface area contributed by atoms with Crippen LogP contribution in [0, 0.1) is 0 Å². The highest BCUT2D eigenvalue weighted by Gasteiger charge is 2.41. The van der Waals surface area contributed by atoms with Crippen LogP contribution in [0.1, 0.15) is 78.3 Å². The van der Waals surface area contributed by atoms with E-state index in [1.54, 1.807) is 17.4 Å². The Morgan fingerprint density at radius 2 is 1.88 bits per heavy atom. The zero-order chi connectivity index (χ0) is 17.7. The fraction of sp³-hybridized carbons (Fsp3) is 0.500. The molecule has 0 amide bonds. The Hall–Kier alpha value is -1.79. The third kappa shape index (κ3) is 2.84. The van der Waals surface area contributed by atoms with Crippen LogP contribution in [0.3, 0.4) is 0 Å². The van der Waals surface area contributed by atoms with E-state index in [2.05, 4.69) is 32.7 Å². The molecule has 0 saturated heterocycles. The van der Waals surface area contributed by atoms with E-state index in [4.69, 9.17) is 10.1 Å². The zero-order valence-corrected chi connectivity index (χ0v) is 15.1. The average molecular weight is 346 g/mol. The van der Waals surface area contributed by atoms with Gasteiger partial charge in [0.1, 0.15) is 11.1 Å². The fourth-order valence-corrected chi connectivity index (χ4v) is 4.42. The second-order valence-electron chi connectivity index (χ2n) is 7.68. The summed E-state index contributed by atoms with van der Waals surface area (Å²) in [4.78, 5) is 21.0. The Balaban J connectivity index is 1.98. The second kappa shape index (κ2) is 5.63. The van der Waals surface area contributed by atoms with Crippen LogP contribution in [0.4, 0.5) is 0 Å². The molecule has 1 atom stereocenters. The van der Waals surface area contributed by atoms with Gasteiger partial charge in [0.15, 0.2) is 0 Å². The summed E-state index contributed by atoms with van der Waals surface area (Å²) in [6.07, 6.45) is 2.49. The molecule has 0 bridgehead atoms. The molecule has 6 heteroatoms. The lowest BCUT2D eigenvalue weighted by Crippen LogP contribution is -2.32. The van der Waals surface area contributed by atoms with E-state index < -0.39 is 12.1 Å². The van der Waals surface area contributed by atoms with Crippen molar-refractivity contribution in [2.75, 3.05) is 0 Å². The largest absolute Gasteiger partial charge is 0.478 e. The highest BCUT2D eigenvalue weighted by Crippen LogP contribution is 2.48. The summed E-state index contributed by atoms with van der Waals surface area (Å²) in [5.41, 5.74) is 1.65. The Morgan fingerprint density at radius 3 is 2.42 bits per heavy atom. The van der Waals surface area contributed by atoms with Crippen molar-refractivity contribution in [1.82, 2.24) is 9.97 Å². The third-order valence-corrected chi connectivity index (χ3v) is 6.30. The van der Waals surface area contributed by atoms with E-state index in [-0.39, 0.29) is 16.4 Å². The molecule has 1 unspecified atom stereocenters. The number of aromatic nitrogens is 2. The lowest BCUT2D eigenvalue weighted by molar-refractivity contribution is 0.0696. The van der Waals surface area contributed by atoms with Gasteiger partial charge in [0.05, 0.1) is 17.0 Å². The summed E-state index contributed by atoms with van der Waals surface area (Å²) < 4.78 is 0. The van der Waals surface area contributed by atoms with Gasteiger partial charge in [-0.25, -0.2) is 9.78 Å². The van der Waals surface area contributed by atoms with Crippen LogP contribution in [-0.2, 0) is 10.8 Å². The van der Waals surface area contributed by atoms with Gasteiger partial charge >= 0.3 is 5.97 Å². The maximum absolute atomic E-state index is 10.9. The summed E-state index contributed by atoms with van der Waals surface area (Å²) in [5.74, 6) is -1.03. The van der Waals surface area contributed by atoms with Crippen LogP contribution in [0.2, 0.25) is 0 Å². The molecule has 24 heavy (non-hydrogen) atoms. The summed E-state index contributed by atoms with van der Waals surface area (Å²) in [7, 11) is 0. The minimum atomic E-state index is -1.03. The van der Waals surface area contributed by atoms with Crippen molar-refractivity contribution in [1.29, 1.82) is 0 Å². The van der Waals surface area contributed by atoms with E-state index in [9.17, 15) is 9.90 Å². The first-order chi connectivity index (χ1) is 11.1. The molecule has 1 aliphatic carbocycles. The fourth-order valence-electron chi connectivity index (χ4n) is 3.05. The molecular formula is C18H22N2O3S. The number of nitrogens with zero attached hydrogens (tertiary/aromatic N) is 2. The van der Waals surface area contributed by atoms with E-state index in [0.717, 1.165) is 18.5 Å². The highest BCUT2D eigenvalue weighted by molar-refractivity contribution is 7.12. The smallest absolute Gasteiger partial charge is 0.337 e. The van der Waals surface area contributed by atoms with Crippen molar-refractivity contribution in [2.24, 2.45) is 0 Å². The zero-order valence-electron chi connectivity index (χ0n) is 14.3. The molecule has 5 nitrogen and oxygen atoms in total. The number of aliphatic hydroxyl groups is 1. The number of aliphatic hydroxyl groups excluding tert-OH is 1. The van der Waals surface area contributed by atoms with Crippen LogP contribution < -0.4 is 0 Å². The quantitative estimate of drug-likeness (QED) is 0.886. The number of pyridine rings is 1. The first-order valence-electron chi connectivity index (χ1n) is 8.01. The molecule has 1 aliphatic rings. The molecule has 3 rings (SSSR count). The van der Waals surface area contributed by atoms with Crippen LogP contribution in [0.25, 0.3) is 0 Å². The van der Waals surface area contributed by atoms with Crippen molar-refractivity contribution in [3.8, 4) is 0 Å². The third-order valence-electron chi connectivity index (χ3n) is 4.82. The van der Waals surface area contributed by atoms with Gasteiger partial charge in [-0.1, -0.05) is 27.7 Å². The number of rotatable bonds is 3. The monoisotopic (exact) mass is 346 g/mol. The molecule has 0 aromatic carbocycles. The molecule has 2 N–H and O–H groups in total. The number of thiazole rings is 1. The molecule has 2 aromatic heterocycles. The Kier molecular flexibility index (Phi) is 4.00. The minimum absolute atomic E-state index is 0.0000825. The molecular weight excluding hydrogens is 324 g/mol. The second-order valence-corrected chi connectivity index (χ2v) is 8.71. The molecule has 128 valence electrons.